The van der Waals surface area contributed by atoms with Crippen molar-refractivity contribution in [3.8, 4) is 11.1 Å². The van der Waals surface area contributed by atoms with Crippen LogP contribution in [0.2, 0.25) is 0 Å². The predicted octanol–water partition coefficient (Wildman–Crippen LogP) is 5.01. The van der Waals surface area contributed by atoms with Crippen molar-refractivity contribution in [2.75, 3.05) is 31.6 Å². The summed E-state index contributed by atoms with van der Waals surface area (Å²) in [7, 11) is 0. The second-order valence-corrected chi connectivity index (χ2v) is 11.2. The van der Waals surface area contributed by atoms with E-state index in [0.29, 0.717) is 12.1 Å². The molecule has 36 heavy (non-hydrogen) atoms. The van der Waals surface area contributed by atoms with Gasteiger partial charge in [0.15, 0.2) is 0 Å². The van der Waals surface area contributed by atoms with Gasteiger partial charge >= 0.3 is 0 Å². The molecule has 1 atom stereocenters. The highest BCUT2D eigenvalue weighted by Crippen LogP contribution is 2.37. The van der Waals surface area contributed by atoms with Crippen LogP contribution >= 0.6 is 0 Å². The number of ether oxygens (including phenoxy) is 1. The summed E-state index contributed by atoms with van der Waals surface area (Å²) in [4.78, 5) is 12.2. The Balaban J connectivity index is 1.28. The fourth-order valence-corrected chi connectivity index (χ4v) is 5.88. The van der Waals surface area contributed by atoms with Crippen LogP contribution in [0.4, 0.5) is 5.95 Å². The van der Waals surface area contributed by atoms with Crippen LogP contribution in [0.15, 0.2) is 36.7 Å². The summed E-state index contributed by atoms with van der Waals surface area (Å²) in [5.74, 6) is 1.59. The molecule has 0 spiro atoms. The van der Waals surface area contributed by atoms with Crippen molar-refractivity contribution in [2.24, 2.45) is 5.92 Å². The third-order valence-electron chi connectivity index (χ3n) is 8.17. The number of benzene rings is 1. The van der Waals surface area contributed by atoms with Gasteiger partial charge in [-0.1, -0.05) is 37.1 Å². The fourth-order valence-electron chi connectivity index (χ4n) is 5.88. The first-order chi connectivity index (χ1) is 17.6. The minimum atomic E-state index is -0.170. The lowest BCUT2D eigenvalue weighted by molar-refractivity contribution is 0.0342. The van der Waals surface area contributed by atoms with E-state index in [2.05, 4.69) is 52.2 Å². The molecular formula is C29H39N5O2. The fraction of sp³-hybridized carbons (Fsp3) is 0.586. The molecule has 3 fully saturated rings. The van der Waals surface area contributed by atoms with Gasteiger partial charge in [0.25, 0.3) is 0 Å². The van der Waals surface area contributed by atoms with Crippen LogP contribution in [0.3, 0.4) is 0 Å². The Morgan fingerprint density at radius 3 is 2.53 bits per heavy atom. The summed E-state index contributed by atoms with van der Waals surface area (Å²) >= 11 is 0. The van der Waals surface area contributed by atoms with E-state index in [4.69, 9.17) is 14.7 Å². The normalized spacial score (nSPS) is 24.2. The highest BCUT2D eigenvalue weighted by atomic mass is 16.5. The van der Waals surface area contributed by atoms with E-state index >= 15 is 0 Å². The maximum absolute atomic E-state index is 10.1. The van der Waals surface area contributed by atoms with Crippen LogP contribution in [0, 0.1) is 5.92 Å². The molecule has 3 aromatic rings. The van der Waals surface area contributed by atoms with E-state index in [0.717, 1.165) is 81.4 Å². The number of aliphatic hydroxyl groups excluding tert-OH is 1. The molecule has 0 amide bonds. The lowest BCUT2D eigenvalue weighted by Crippen LogP contribution is -2.35. The molecule has 0 radical (unpaired) electrons. The van der Waals surface area contributed by atoms with Crippen molar-refractivity contribution in [1.82, 2.24) is 19.4 Å². The minimum Gasteiger partial charge on any atom is -0.393 e. The molecule has 3 heterocycles. The second-order valence-electron chi connectivity index (χ2n) is 11.2. The highest BCUT2D eigenvalue weighted by molar-refractivity contribution is 5.94. The summed E-state index contributed by atoms with van der Waals surface area (Å²) in [6.07, 6.45) is 11.7. The van der Waals surface area contributed by atoms with Crippen LogP contribution in [0.5, 0.6) is 0 Å². The quantitative estimate of drug-likeness (QED) is 0.463. The van der Waals surface area contributed by atoms with Crippen LogP contribution in [-0.2, 0) is 11.3 Å². The topological polar surface area (TPSA) is 75.4 Å². The molecule has 7 nitrogen and oxygen atoms in total. The maximum Gasteiger partial charge on any atom is 0.224 e. The zero-order valence-electron chi connectivity index (χ0n) is 21.4. The maximum atomic E-state index is 10.1. The van der Waals surface area contributed by atoms with E-state index in [-0.39, 0.29) is 6.10 Å². The van der Waals surface area contributed by atoms with Crippen molar-refractivity contribution < 1.29 is 9.84 Å². The summed E-state index contributed by atoms with van der Waals surface area (Å²) in [5.41, 5.74) is 4.72. The Hall–Kier alpha value is -2.48. The predicted molar refractivity (Wildman–Crippen MR) is 143 cm³/mol. The molecule has 2 aromatic heterocycles. The number of hydrogen-bond donors (Lipinski definition) is 2. The van der Waals surface area contributed by atoms with Gasteiger partial charge in [-0.2, -0.15) is 4.98 Å². The summed E-state index contributed by atoms with van der Waals surface area (Å²) in [5, 5.41) is 14.7. The molecule has 192 valence electrons. The van der Waals surface area contributed by atoms with Gasteiger partial charge in [0.2, 0.25) is 5.95 Å². The molecule has 3 aliphatic rings. The van der Waals surface area contributed by atoms with Crippen molar-refractivity contribution >= 4 is 17.0 Å². The van der Waals surface area contributed by atoms with Crippen LogP contribution in [-0.4, -0.2) is 63.0 Å². The van der Waals surface area contributed by atoms with Crippen LogP contribution in [0.1, 0.15) is 63.5 Å². The van der Waals surface area contributed by atoms with E-state index in [1.807, 2.05) is 6.20 Å². The van der Waals surface area contributed by atoms with Gasteiger partial charge in [-0.25, -0.2) is 4.98 Å². The average Bonchev–Trinajstić information content (AvgIpc) is 3.63. The monoisotopic (exact) mass is 489 g/mol. The zero-order chi connectivity index (χ0) is 24.5. The second kappa shape index (κ2) is 10.5. The number of rotatable bonds is 8. The van der Waals surface area contributed by atoms with Crippen molar-refractivity contribution in [3.05, 3.63) is 42.2 Å². The molecule has 0 unspecified atom stereocenters. The van der Waals surface area contributed by atoms with Gasteiger partial charge in [0.1, 0.15) is 5.65 Å². The summed E-state index contributed by atoms with van der Waals surface area (Å²) in [6, 6.07) is 9.72. The minimum absolute atomic E-state index is 0.170. The third-order valence-corrected chi connectivity index (χ3v) is 8.17. The van der Waals surface area contributed by atoms with Crippen molar-refractivity contribution in [2.45, 2.75) is 76.6 Å². The number of aromatic nitrogens is 3. The lowest BCUT2D eigenvalue weighted by Gasteiger charge is -2.27. The molecular weight excluding hydrogens is 450 g/mol. The molecule has 1 saturated heterocycles. The Labute approximate surface area is 213 Å². The molecule has 2 saturated carbocycles. The Bertz CT molecular complexity index is 1160. The number of nitrogens with zero attached hydrogens (tertiary/aromatic N) is 4. The average molecular weight is 490 g/mol. The Kier molecular flexibility index (Phi) is 6.96. The first-order valence-electron chi connectivity index (χ1n) is 13.8. The molecule has 1 aliphatic heterocycles. The van der Waals surface area contributed by atoms with E-state index < -0.39 is 0 Å². The summed E-state index contributed by atoms with van der Waals surface area (Å²) in [6.45, 7) is 6.85. The third kappa shape index (κ3) is 5.43. The Morgan fingerprint density at radius 2 is 1.81 bits per heavy atom. The number of anilines is 1. The van der Waals surface area contributed by atoms with Crippen LogP contribution in [0.25, 0.3) is 22.2 Å². The standard InChI is InChI=1S/C29H39N5O2/c1-20(16-21-2-3-21)31-29-30-17-26-27(19-34(28(26)32-29)24-8-10-25(35)11-9-24)23-6-4-22(5-7-23)18-33-12-14-36-15-13-33/h4-7,17,19-21,24-25,35H,2-3,8-16,18H2,1H3,(H,30,31,32)/t20-,24-,25-/m1/s1. The zero-order valence-corrected chi connectivity index (χ0v) is 21.4. The molecule has 1 aromatic carbocycles. The number of morpholine rings is 1. The van der Waals surface area contributed by atoms with Gasteiger partial charge < -0.3 is 19.7 Å². The van der Waals surface area contributed by atoms with Gasteiger partial charge in [0, 0.05) is 55.1 Å². The first-order valence-corrected chi connectivity index (χ1v) is 13.8. The number of fused-ring (bicyclic) bond motifs is 1. The van der Waals surface area contributed by atoms with Gasteiger partial charge in [-0.3, -0.25) is 4.90 Å². The van der Waals surface area contributed by atoms with Crippen molar-refractivity contribution in [1.29, 1.82) is 0 Å². The summed E-state index contributed by atoms with van der Waals surface area (Å²) < 4.78 is 7.85. The first kappa shape index (κ1) is 23.9. The number of hydrogen-bond acceptors (Lipinski definition) is 6. The van der Waals surface area contributed by atoms with Crippen molar-refractivity contribution in [3.63, 3.8) is 0 Å². The molecule has 7 heteroatoms. The molecule has 6 rings (SSSR count). The highest BCUT2D eigenvalue weighted by Gasteiger charge is 2.26. The van der Waals surface area contributed by atoms with E-state index in [1.165, 1.54) is 36.0 Å². The number of nitrogens with one attached hydrogen (secondary N) is 1. The lowest BCUT2D eigenvalue weighted by atomic mass is 9.93. The molecule has 2 aliphatic carbocycles. The van der Waals surface area contributed by atoms with E-state index in [1.54, 1.807) is 0 Å². The van der Waals surface area contributed by atoms with Gasteiger partial charge in [-0.15, -0.1) is 0 Å². The van der Waals surface area contributed by atoms with E-state index in [9.17, 15) is 5.11 Å². The number of aliphatic hydroxyl groups is 1. The smallest absolute Gasteiger partial charge is 0.224 e. The molecule has 2 N–H and O–H groups in total. The SMILES string of the molecule is C[C@H](CC1CC1)Nc1ncc2c(-c3ccc(CN4CCOCC4)cc3)cn([C@H]3CC[C@H](O)CC3)c2n1. The van der Waals surface area contributed by atoms with Gasteiger partial charge in [-0.05, 0) is 56.1 Å². The Morgan fingerprint density at radius 1 is 1.06 bits per heavy atom. The van der Waals surface area contributed by atoms with Gasteiger partial charge in [0.05, 0.1) is 19.3 Å². The van der Waals surface area contributed by atoms with Crippen LogP contribution < -0.4 is 5.32 Å². The molecule has 0 bridgehead atoms. The largest absolute Gasteiger partial charge is 0.393 e.